The van der Waals surface area contributed by atoms with E-state index >= 15 is 0 Å². The van der Waals surface area contributed by atoms with Crippen LogP contribution in [0.15, 0.2) is 41.5 Å². The highest BCUT2D eigenvalue weighted by molar-refractivity contribution is 5.66. The Hall–Kier alpha value is -3.76. The van der Waals surface area contributed by atoms with Crippen LogP contribution in [0.5, 0.6) is 11.9 Å². The first-order valence-corrected chi connectivity index (χ1v) is 9.59. The molecule has 0 bridgehead atoms. The molecule has 0 aliphatic heterocycles. The lowest BCUT2D eigenvalue weighted by Crippen LogP contribution is -2.04. The summed E-state index contributed by atoms with van der Waals surface area (Å²) < 4.78 is 48.9. The van der Waals surface area contributed by atoms with Crippen LogP contribution in [0.3, 0.4) is 0 Å². The Morgan fingerprint density at radius 2 is 1.81 bits per heavy atom. The van der Waals surface area contributed by atoms with Crippen LogP contribution < -0.4 is 15.2 Å². The molecule has 0 amide bonds. The van der Waals surface area contributed by atoms with E-state index in [1.54, 1.807) is 6.07 Å². The Labute approximate surface area is 181 Å². The minimum absolute atomic E-state index is 0.00497. The van der Waals surface area contributed by atoms with Crippen molar-refractivity contribution in [3.63, 3.8) is 0 Å². The van der Waals surface area contributed by atoms with Gasteiger partial charge in [0, 0.05) is 12.1 Å². The minimum Gasteiger partial charge on any atom is -0.480 e. The van der Waals surface area contributed by atoms with Crippen molar-refractivity contribution >= 4 is 12.3 Å². The molecule has 1 saturated carbocycles. The highest BCUT2D eigenvalue weighted by Crippen LogP contribution is 2.54. The van der Waals surface area contributed by atoms with E-state index in [0.717, 1.165) is 30.5 Å². The van der Waals surface area contributed by atoms with E-state index in [1.807, 2.05) is 0 Å². The predicted molar refractivity (Wildman–Crippen MR) is 110 cm³/mol. The molecule has 32 heavy (non-hydrogen) atoms. The number of alkyl halides is 3. The van der Waals surface area contributed by atoms with Gasteiger partial charge >= 0.3 is 12.2 Å². The zero-order chi connectivity index (χ0) is 22.9. The minimum atomic E-state index is -4.36. The fourth-order valence-corrected chi connectivity index (χ4v) is 3.50. The van der Waals surface area contributed by atoms with Crippen molar-refractivity contribution in [3.8, 4) is 23.1 Å². The maximum atomic E-state index is 12.8. The number of methoxy groups -OCH3 is 2. The standard InChI is InChI=1S/C21H19F3N6O2/c1-31-18-15(9-26-20(30-18)32-2)17-8-16(28-19(29-17)27-10-25)14-7-13(14)11-3-5-12(6-4-11)21(22,23)24/h3-6,8-10,13-14H,7H2,1-2H3,(H2,25,27,28,29)/t13-,14+/m1/s1. The third kappa shape index (κ3) is 4.32. The number of ether oxygens (including phenoxy) is 2. The van der Waals surface area contributed by atoms with Crippen molar-refractivity contribution in [1.29, 1.82) is 0 Å². The van der Waals surface area contributed by atoms with Gasteiger partial charge in [0.15, 0.2) is 0 Å². The molecule has 8 nitrogen and oxygen atoms in total. The molecule has 0 spiro atoms. The normalized spacial score (nSPS) is 18.0. The van der Waals surface area contributed by atoms with E-state index < -0.39 is 11.7 Å². The number of aromatic nitrogens is 4. The van der Waals surface area contributed by atoms with Crippen molar-refractivity contribution in [2.24, 2.45) is 10.7 Å². The number of hydrogen-bond acceptors (Lipinski definition) is 7. The van der Waals surface area contributed by atoms with Crippen LogP contribution in [0.1, 0.15) is 35.1 Å². The highest BCUT2D eigenvalue weighted by Gasteiger charge is 2.41. The topological polar surface area (TPSA) is 108 Å². The molecule has 2 atom stereocenters. The molecule has 11 heteroatoms. The predicted octanol–water partition coefficient (Wildman–Crippen LogP) is 3.86. The Morgan fingerprint density at radius 1 is 1.06 bits per heavy atom. The maximum Gasteiger partial charge on any atom is 0.416 e. The summed E-state index contributed by atoms with van der Waals surface area (Å²) in [5.41, 5.74) is 7.25. The number of nitrogens with two attached hydrogens (primary N) is 1. The molecule has 4 rings (SSSR count). The molecule has 0 radical (unpaired) electrons. The van der Waals surface area contributed by atoms with Crippen molar-refractivity contribution in [3.05, 3.63) is 53.3 Å². The Morgan fingerprint density at radius 3 is 2.44 bits per heavy atom. The molecule has 2 heterocycles. The number of halogens is 3. The van der Waals surface area contributed by atoms with E-state index in [1.165, 1.54) is 32.5 Å². The van der Waals surface area contributed by atoms with Crippen molar-refractivity contribution in [1.82, 2.24) is 19.9 Å². The van der Waals surface area contributed by atoms with Gasteiger partial charge < -0.3 is 15.2 Å². The fourth-order valence-electron chi connectivity index (χ4n) is 3.50. The number of benzene rings is 1. The van der Waals surface area contributed by atoms with Gasteiger partial charge in [-0.15, -0.1) is 0 Å². The Kier molecular flexibility index (Phi) is 5.64. The van der Waals surface area contributed by atoms with Gasteiger partial charge in [-0.1, -0.05) is 12.1 Å². The number of rotatable bonds is 6. The molecule has 166 valence electrons. The fraction of sp³-hybridized carbons (Fsp3) is 0.286. The number of hydrogen-bond donors (Lipinski definition) is 1. The molecule has 0 saturated heterocycles. The van der Waals surface area contributed by atoms with Gasteiger partial charge in [-0.3, -0.25) is 0 Å². The second kappa shape index (κ2) is 8.40. The second-order valence-electron chi connectivity index (χ2n) is 7.10. The summed E-state index contributed by atoms with van der Waals surface area (Å²) in [4.78, 5) is 21.1. The van der Waals surface area contributed by atoms with Crippen LogP contribution in [0.2, 0.25) is 0 Å². The third-order valence-corrected chi connectivity index (χ3v) is 5.14. The van der Waals surface area contributed by atoms with Crippen LogP contribution in [-0.2, 0) is 6.18 Å². The van der Waals surface area contributed by atoms with Gasteiger partial charge in [0.05, 0.1) is 43.1 Å². The van der Waals surface area contributed by atoms with Crippen molar-refractivity contribution in [2.75, 3.05) is 14.2 Å². The third-order valence-electron chi connectivity index (χ3n) is 5.14. The van der Waals surface area contributed by atoms with E-state index in [0.29, 0.717) is 17.0 Å². The summed E-state index contributed by atoms with van der Waals surface area (Å²) in [6.07, 6.45) is -1.01. The lowest BCUT2D eigenvalue weighted by molar-refractivity contribution is -0.137. The summed E-state index contributed by atoms with van der Waals surface area (Å²) in [6.45, 7) is 0. The van der Waals surface area contributed by atoms with Crippen LogP contribution >= 0.6 is 0 Å². The molecule has 1 aromatic carbocycles. The first-order chi connectivity index (χ1) is 15.3. The SMILES string of the molecule is COc1ncc(-c2cc([C@H]3C[C@@H]3c3ccc(C(F)(F)F)cc3)nc(/N=C\N)n2)c(OC)n1. The molecule has 0 unspecified atom stereocenters. The lowest BCUT2D eigenvalue weighted by atomic mass is 10.0. The Balaban J connectivity index is 1.67. The Bertz CT molecular complexity index is 1150. The first-order valence-electron chi connectivity index (χ1n) is 9.59. The summed E-state index contributed by atoms with van der Waals surface area (Å²) in [5, 5.41) is 0. The van der Waals surface area contributed by atoms with Gasteiger partial charge in [0.1, 0.15) is 0 Å². The monoisotopic (exact) mass is 444 g/mol. The zero-order valence-electron chi connectivity index (χ0n) is 17.2. The second-order valence-corrected chi connectivity index (χ2v) is 7.10. The zero-order valence-corrected chi connectivity index (χ0v) is 17.2. The van der Waals surface area contributed by atoms with Crippen molar-refractivity contribution < 1.29 is 22.6 Å². The first kappa shape index (κ1) is 21.5. The molecule has 1 aliphatic rings. The van der Waals surface area contributed by atoms with Gasteiger partial charge in [-0.05, 0) is 36.1 Å². The van der Waals surface area contributed by atoms with Gasteiger partial charge in [0.25, 0.3) is 5.95 Å². The maximum absolute atomic E-state index is 12.8. The van der Waals surface area contributed by atoms with Crippen LogP contribution in [0.25, 0.3) is 11.3 Å². The molecule has 2 aromatic heterocycles. The molecular weight excluding hydrogens is 425 g/mol. The van der Waals surface area contributed by atoms with Gasteiger partial charge in [0.2, 0.25) is 5.88 Å². The van der Waals surface area contributed by atoms with Gasteiger partial charge in [-0.2, -0.15) is 18.2 Å². The van der Waals surface area contributed by atoms with E-state index in [-0.39, 0.29) is 29.7 Å². The van der Waals surface area contributed by atoms with Crippen molar-refractivity contribution in [2.45, 2.75) is 24.4 Å². The molecule has 1 fully saturated rings. The molecule has 3 aromatic rings. The molecular formula is C21H19F3N6O2. The summed E-state index contributed by atoms with van der Waals surface area (Å²) in [5.74, 6) is 0.462. The van der Waals surface area contributed by atoms with Crippen LogP contribution in [0, 0.1) is 0 Å². The van der Waals surface area contributed by atoms with Crippen LogP contribution in [-0.4, -0.2) is 40.5 Å². The summed E-state index contributed by atoms with van der Waals surface area (Å²) in [6, 6.07) is 7.13. The number of aliphatic imine (C=N–C) groups is 1. The lowest BCUT2D eigenvalue weighted by Gasteiger charge is -2.10. The summed E-state index contributed by atoms with van der Waals surface area (Å²) in [7, 11) is 2.91. The summed E-state index contributed by atoms with van der Waals surface area (Å²) >= 11 is 0. The quantitative estimate of drug-likeness (QED) is 0.454. The van der Waals surface area contributed by atoms with E-state index in [9.17, 15) is 13.2 Å². The highest BCUT2D eigenvalue weighted by atomic mass is 19.4. The van der Waals surface area contributed by atoms with Gasteiger partial charge in [-0.25, -0.2) is 19.9 Å². The molecule has 2 N–H and O–H groups in total. The molecule has 1 aliphatic carbocycles. The number of nitrogens with zero attached hydrogens (tertiary/aromatic N) is 5. The van der Waals surface area contributed by atoms with Crippen LogP contribution in [0.4, 0.5) is 19.1 Å². The average molecular weight is 444 g/mol. The van der Waals surface area contributed by atoms with E-state index in [2.05, 4.69) is 24.9 Å². The largest absolute Gasteiger partial charge is 0.480 e. The average Bonchev–Trinajstić information content (AvgIpc) is 3.59. The smallest absolute Gasteiger partial charge is 0.416 e. The van der Waals surface area contributed by atoms with E-state index in [4.69, 9.17) is 15.2 Å².